The minimum Gasteiger partial charge on any atom is -0.492 e. The third-order valence-electron chi connectivity index (χ3n) is 5.40. The summed E-state index contributed by atoms with van der Waals surface area (Å²) < 4.78 is 67.5. The molecule has 0 aromatic heterocycles. The van der Waals surface area contributed by atoms with Crippen LogP contribution < -0.4 is 9.64 Å². The van der Waals surface area contributed by atoms with Crippen LogP contribution in [0.15, 0.2) is 41.3 Å². The minimum atomic E-state index is -4.73. The number of ether oxygens (including phenoxy) is 2. The van der Waals surface area contributed by atoms with Crippen LogP contribution in [0.4, 0.5) is 28.9 Å². The average molecular weight is 472 g/mol. The molecule has 1 N–H and O–H groups in total. The van der Waals surface area contributed by atoms with Gasteiger partial charge in [-0.3, -0.25) is 4.79 Å². The molecule has 0 bridgehead atoms. The maximum Gasteiger partial charge on any atom is 0.420 e. The number of alkyl halides is 3. The summed E-state index contributed by atoms with van der Waals surface area (Å²) >= 11 is 1.26. The van der Waals surface area contributed by atoms with E-state index < -0.39 is 41.3 Å². The Morgan fingerprint density at radius 1 is 1.22 bits per heavy atom. The number of aliphatic carboxylic acids is 1. The van der Waals surface area contributed by atoms with E-state index in [4.69, 9.17) is 9.47 Å². The first-order valence-electron chi connectivity index (χ1n) is 9.70. The monoisotopic (exact) mass is 472 g/mol. The Bertz CT molecular complexity index is 1010. The maximum atomic E-state index is 13.9. The van der Waals surface area contributed by atoms with Crippen molar-refractivity contribution in [2.24, 2.45) is 5.41 Å². The third kappa shape index (κ3) is 4.37. The molecule has 2 aromatic carbocycles. The minimum absolute atomic E-state index is 0.121. The summed E-state index contributed by atoms with van der Waals surface area (Å²) in [7, 11) is 1.81. The van der Waals surface area contributed by atoms with E-state index in [-0.39, 0.29) is 13.2 Å². The van der Waals surface area contributed by atoms with Gasteiger partial charge in [-0.1, -0.05) is 0 Å². The van der Waals surface area contributed by atoms with Crippen LogP contribution in [0.25, 0.3) is 0 Å². The highest BCUT2D eigenvalue weighted by molar-refractivity contribution is 7.97. The number of benzene rings is 2. The molecule has 32 heavy (non-hydrogen) atoms. The van der Waals surface area contributed by atoms with E-state index in [2.05, 4.69) is 0 Å². The Kier molecular flexibility index (Phi) is 5.99. The number of carboxylic acids is 1. The van der Waals surface area contributed by atoms with Crippen LogP contribution in [0, 0.1) is 11.2 Å². The van der Waals surface area contributed by atoms with Gasteiger partial charge in [0, 0.05) is 18.8 Å². The molecule has 0 saturated carbocycles. The second-order valence-electron chi connectivity index (χ2n) is 7.75. The van der Waals surface area contributed by atoms with E-state index in [1.807, 2.05) is 11.4 Å². The smallest absolute Gasteiger partial charge is 0.420 e. The van der Waals surface area contributed by atoms with Crippen molar-refractivity contribution < 1.29 is 36.9 Å². The van der Waals surface area contributed by atoms with Gasteiger partial charge in [-0.15, -0.1) is 0 Å². The fourth-order valence-electron chi connectivity index (χ4n) is 3.47. The van der Waals surface area contributed by atoms with Crippen molar-refractivity contribution in [2.45, 2.75) is 11.1 Å². The first kappa shape index (κ1) is 22.7. The molecule has 0 amide bonds. The number of halogens is 4. The third-order valence-corrected chi connectivity index (χ3v) is 6.42. The molecule has 0 radical (unpaired) electrons. The van der Waals surface area contributed by atoms with Gasteiger partial charge in [-0.25, -0.2) is 8.70 Å². The Hall–Kier alpha value is -2.50. The van der Waals surface area contributed by atoms with E-state index in [1.54, 1.807) is 4.90 Å². The number of likely N-dealkylation sites (N-methyl/N-ethyl adjacent to an activating group) is 1. The zero-order chi connectivity index (χ0) is 23.1. The van der Waals surface area contributed by atoms with Gasteiger partial charge < -0.3 is 19.5 Å². The molecule has 2 aliphatic heterocycles. The lowest BCUT2D eigenvalue weighted by Gasteiger charge is -2.37. The van der Waals surface area contributed by atoms with Gasteiger partial charge in [0.1, 0.15) is 23.6 Å². The van der Waals surface area contributed by atoms with Crippen LogP contribution in [-0.2, 0) is 15.7 Å². The zero-order valence-corrected chi connectivity index (χ0v) is 17.8. The van der Waals surface area contributed by atoms with E-state index in [9.17, 15) is 27.5 Å². The summed E-state index contributed by atoms with van der Waals surface area (Å²) in [6.45, 7) is 0.244. The number of hydrogen-bond acceptors (Lipinski definition) is 6. The van der Waals surface area contributed by atoms with Crippen LogP contribution in [0.5, 0.6) is 5.75 Å². The van der Waals surface area contributed by atoms with E-state index in [1.165, 1.54) is 42.3 Å². The second kappa shape index (κ2) is 8.45. The molecule has 2 aromatic rings. The Labute approximate surface area is 185 Å². The summed E-state index contributed by atoms with van der Waals surface area (Å²) in [6.07, 6.45) is -4.73. The van der Waals surface area contributed by atoms with Crippen molar-refractivity contribution in [1.29, 1.82) is 0 Å². The molecule has 1 saturated heterocycles. The molecule has 0 unspecified atom stereocenters. The van der Waals surface area contributed by atoms with Crippen molar-refractivity contribution in [1.82, 2.24) is 4.31 Å². The SMILES string of the molecule is CN1CCN(c2ccc(F)cc2)c2cc(C(F)(F)F)c(OCC3(C(=O)O)COC3)cc2S1. The van der Waals surface area contributed by atoms with E-state index in [0.29, 0.717) is 29.4 Å². The standard InChI is InChI=1S/C21H20F4N2O4S/c1-26-6-7-27(14-4-2-13(22)3-5-14)16-8-15(21(23,24)25)17(9-18(16)32-26)31-12-20(19(28)29)10-30-11-20/h2-5,8-9H,6-7,10-12H2,1H3,(H,28,29). The van der Waals surface area contributed by atoms with Gasteiger partial charge >= 0.3 is 12.1 Å². The second-order valence-corrected chi connectivity index (χ2v) is 9.00. The van der Waals surface area contributed by atoms with E-state index >= 15 is 0 Å². The van der Waals surface area contributed by atoms with Crippen molar-refractivity contribution in [3.8, 4) is 5.75 Å². The number of hydrogen-bond donors (Lipinski definition) is 1. The predicted molar refractivity (Wildman–Crippen MR) is 110 cm³/mol. The van der Waals surface area contributed by atoms with Crippen LogP contribution in [-0.4, -0.2) is 55.3 Å². The van der Waals surface area contributed by atoms with Gasteiger partial charge in [-0.2, -0.15) is 13.2 Å². The molecular weight excluding hydrogens is 452 g/mol. The highest BCUT2D eigenvalue weighted by atomic mass is 32.2. The highest BCUT2D eigenvalue weighted by Gasteiger charge is 2.48. The molecule has 4 rings (SSSR count). The van der Waals surface area contributed by atoms with Gasteiger partial charge in [0.2, 0.25) is 0 Å². The zero-order valence-electron chi connectivity index (χ0n) is 17.0. The molecule has 0 atom stereocenters. The number of carboxylic acid groups (broad SMARTS) is 1. The lowest BCUT2D eigenvalue weighted by atomic mass is 9.87. The number of nitrogens with zero attached hydrogens (tertiary/aromatic N) is 2. The highest BCUT2D eigenvalue weighted by Crippen LogP contribution is 2.47. The molecule has 172 valence electrons. The topological polar surface area (TPSA) is 62.2 Å². The fraction of sp³-hybridized carbons (Fsp3) is 0.381. The summed E-state index contributed by atoms with van der Waals surface area (Å²) in [5, 5.41) is 9.41. The molecule has 2 aliphatic rings. The molecule has 0 spiro atoms. The summed E-state index contributed by atoms with van der Waals surface area (Å²) in [6, 6.07) is 7.83. The van der Waals surface area contributed by atoms with Crippen molar-refractivity contribution in [2.75, 3.05) is 44.9 Å². The first-order chi connectivity index (χ1) is 15.1. The van der Waals surface area contributed by atoms with Gasteiger partial charge in [0.25, 0.3) is 0 Å². The van der Waals surface area contributed by atoms with Gasteiger partial charge in [0.05, 0.1) is 29.4 Å². The van der Waals surface area contributed by atoms with Crippen LogP contribution in [0.3, 0.4) is 0 Å². The van der Waals surface area contributed by atoms with Gasteiger partial charge in [-0.05, 0) is 55.4 Å². The van der Waals surface area contributed by atoms with Gasteiger partial charge in [0.15, 0.2) is 0 Å². The molecule has 11 heteroatoms. The summed E-state index contributed by atoms with van der Waals surface area (Å²) in [4.78, 5) is 13.7. The molecular formula is C21H20F4N2O4S. The Morgan fingerprint density at radius 2 is 1.91 bits per heavy atom. The summed E-state index contributed by atoms with van der Waals surface area (Å²) in [5.74, 6) is -2.06. The predicted octanol–water partition coefficient (Wildman–Crippen LogP) is 4.42. The van der Waals surface area contributed by atoms with Crippen molar-refractivity contribution >= 4 is 29.3 Å². The number of rotatable bonds is 5. The van der Waals surface area contributed by atoms with Crippen LogP contribution in [0.2, 0.25) is 0 Å². The Balaban J connectivity index is 1.76. The van der Waals surface area contributed by atoms with Crippen LogP contribution >= 0.6 is 11.9 Å². The number of fused-ring (bicyclic) bond motifs is 1. The lowest BCUT2D eigenvalue weighted by Crippen LogP contribution is -2.53. The largest absolute Gasteiger partial charge is 0.492 e. The Morgan fingerprint density at radius 3 is 2.47 bits per heavy atom. The fourth-order valence-corrected chi connectivity index (χ4v) is 4.40. The van der Waals surface area contributed by atoms with E-state index in [0.717, 1.165) is 6.07 Å². The molecule has 2 heterocycles. The number of carbonyl (C=O) groups is 1. The van der Waals surface area contributed by atoms with Crippen LogP contribution in [0.1, 0.15) is 5.56 Å². The molecule has 0 aliphatic carbocycles. The molecule has 6 nitrogen and oxygen atoms in total. The quantitative estimate of drug-likeness (QED) is 0.511. The normalized spacial score (nSPS) is 18.5. The summed E-state index contributed by atoms with van der Waals surface area (Å²) in [5.41, 5.74) is -1.50. The lowest BCUT2D eigenvalue weighted by molar-refractivity contribution is -0.185. The average Bonchev–Trinajstić information content (AvgIpc) is 2.84. The maximum absolute atomic E-state index is 13.9. The first-order valence-corrected chi connectivity index (χ1v) is 10.5. The van der Waals surface area contributed by atoms with Crippen molar-refractivity contribution in [3.63, 3.8) is 0 Å². The number of anilines is 2. The molecule has 1 fully saturated rings. The van der Waals surface area contributed by atoms with Crippen molar-refractivity contribution in [3.05, 3.63) is 47.8 Å².